The molecule has 0 radical (unpaired) electrons. The lowest BCUT2D eigenvalue weighted by Gasteiger charge is -2.28. The molecule has 14 heteroatoms. The number of aliphatic hydroxyl groups is 2. The number of rotatable bonds is 8. The molecule has 4 rings (SSSR count). The summed E-state index contributed by atoms with van der Waals surface area (Å²) in [6.45, 7) is 12.0. The average molecular weight is 592 g/mol. The van der Waals surface area contributed by atoms with Gasteiger partial charge in [0.15, 0.2) is 11.5 Å². The molecule has 2 atom stereocenters. The van der Waals surface area contributed by atoms with Crippen LogP contribution in [0.2, 0.25) is 0 Å². The number of benzene rings is 3. The van der Waals surface area contributed by atoms with Gasteiger partial charge in [-0.3, -0.25) is 0 Å². The highest BCUT2D eigenvalue weighted by atomic mass is 32.2. The van der Waals surface area contributed by atoms with Crippen LogP contribution in [0.25, 0.3) is 9.69 Å². The van der Waals surface area contributed by atoms with E-state index in [1.165, 1.54) is 0 Å². The van der Waals surface area contributed by atoms with E-state index >= 15 is 0 Å². The van der Waals surface area contributed by atoms with Gasteiger partial charge in [-0.1, -0.05) is 42.5 Å². The molecule has 1 aliphatic rings. The molecule has 1 fully saturated rings. The summed E-state index contributed by atoms with van der Waals surface area (Å²) in [6, 6.07) is 12.3. The summed E-state index contributed by atoms with van der Waals surface area (Å²) < 4.78 is 92.8. The zero-order valence-electron chi connectivity index (χ0n) is 21.0. The molecule has 1 heterocycles. The van der Waals surface area contributed by atoms with E-state index in [9.17, 15) is 36.2 Å². The minimum Gasteiger partial charge on any atom is -0.486 e. The van der Waals surface area contributed by atoms with Crippen molar-refractivity contribution in [2.75, 3.05) is 19.7 Å². The highest BCUT2D eigenvalue weighted by Gasteiger charge is 2.51. The molecule has 0 bridgehead atoms. The third-order valence-corrected chi connectivity index (χ3v) is 8.22. The molecule has 1 aliphatic heterocycles. The number of aliphatic hydroxyl groups excluding tert-OH is 1. The zero-order chi connectivity index (χ0) is 30.0. The Morgan fingerprint density at radius 3 is 2.32 bits per heavy atom. The van der Waals surface area contributed by atoms with E-state index in [1.54, 1.807) is 30.3 Å². The Kier molecular flexibility index (Phi) is 8.24. The SMILES string of the molecule is [C-]#[N+]c1cc(OCc2ccccc2)c(O[C@H]2CN(S(=O)(=O)c3ccc(C(F)(F)F)cc3[N+]#[C-])C[C@@]2(O)CO)cc1F. The third kappa shape index (κ3) is 6.11. The Hall–Kier alpha value is -4.21. The summed E-state index contributed by atoms with van der Waals surface area (Å²) in [5, 5.41) is 21.0. The van der Waals surface area contributed by atoms with Gasteiger partial charge in [-0.2, -0.15) is 17.5 Å². The second kappa shape index (κ2) is 11.3. The van der Waals surface area contributed by atoms with Crippen LogP contribution >= 0.6 is 0 Å². The number of hydrogen-bond donors (Lipinski definition) is 2. The number of nitrogens with zero attached hydrogens (tertiary/aromatic N) is 3. The first-order valence-electron chi connectivity index (χ1n) is 11.8. The van der Waals surface area contributed by atoms with Crippen LogP contribution in [-0.2, 0) is 22.8 Å². The Balaban J connectivity index is 1.65. The molecule has 2 N–H and O–H groups in total. The summed E-state index contributed by atoms with van der Waals surface area (Å²) in [7, 11) is -4.67. The maximum absolute atomic E-state index is 14.6. The summed E-state index contributed by atoms with van der Waals surface area (Å²) in [4.78, 5) is 5.28. The van der Waals surface area contributed by atoms with Gasteiger partial charge in [0, 0.05) is 18.2 Å². The fourth-order valence-corrected chi connectivity index (χ4v) is 5.76. The lowest BCUT2D eigenvalue weighted by molar-refractivity contribution is -0.137. The number of hydrogen-bond acceptors (Lipinski definition) is 6. The topological polar surface area (TPSA) is 105 Å². The van der Waals surface area contributed by atoms with Crippen LogP contribution in [0.15, 0.2) is 65.6 Å². The van der Waals surface area contributed by atoms with Gasteiger partial charge in [0.05, 0.1) is 31.2 Å². The standard InChI is InChI=1S/C27H21F4N3O6S/c1-32-20-12-22(39-14-17-6-4-3-5-7-17)23(11-19(20)28)40-25-13-34(15-26(25,36)16-35)41(37,38)24-9-8-18(27(29,30)31)10-21(24)33-2/h3-12,25,35-36H,13-16H2/t25-,26+/m0/s1. The van der Waals surface area contributed by atoms with Gasteiger partial charge in [0.2, 0.25) is 21.4 Å². The maximum Gasteiger partial charge on any atom is 0.415 e. The van der Waals surface area contributed by atoms with Crippen molar-refractivity contribution in [1.29, 1.82) is 0 Å². The first-order valence-corrected chi connectivity index (χ1v) is 13.2. The molecule has 9 nitrogen and oxygen atoms in total. The molecule has 0 saturated carbocycles. The molecule has 0 amide bonds. The molecule has 3 aromatic carbocycles. The third-order valence-electron chi connectivity index (χ3n) is 6.36. The van der Waals surface area contributed by atoms with Gasteiger partial charge >= 0.3 is 6.18 Å². The van der Waals surface area contributed by atoms with Crippen molar-refractivity contribution >= 4 is 21.4 Å². The predicted molar refractivity (Wildman–Crippen MR) is 136 cm³/mol. The molecule has 214 valence electrons. The van der Waals surface area contributed by atoms with E-state index in [-0.39, 0.29) is 23.8 Å². The van der Waals surface area contributed by atoms with E-state index in [4.69, 9.17) is 22.6 Å². The molecule has 0 aliphatic carbocycles. The lowest BCUT2D eigenvalue weighted by atomic mass is 10.0. The van der Waals surface area contributed by atoms with Crippen LogP contribution in [0.3, 0.4) is 0 Å². The molecular weight excluding hydrogens is 570 g/mol. The fourth-order valence-electron chi connectivity index (χ4n) is 4.15. The van der Waals surface area contributed by atoms with Crippen LogP contribution in [-0.4, -0.2) is 54.3 Å². The number of halogens is 4. The highest BCUT2D eigenvalue weighted by molar-refractivity contribution is 7.89. The van der Waals surface area contributed by atoms with Gasteiger partial charge < -0.3 is 19.7 Å². The minimum absolute atomic E-state index is 0.0109. The molecule has 0 aromatic heterocycles. The van der Waals surface area contributed by atoms with Crippen molar-refractivity contribution in [2.45, 2.75) is 29.4 Å². The van der Waals surface area contributed by atoms with E-state index < -0.39 is 69.6 Å². The molecule has 0 unspecified atom stereocenters. The molecule has 1 saturated heterocycles. The van der Waals surface area contributed by atoms with Crippen molar-refractivity contribution in [3.05, 3.63) is 100 Å². The first-order chi connectivity index (χ1) is 19.3. The largest absolute Gasteiger partial charge is 0.486 e. The Morgan fingerprint density at radius 1 is 1.02 bits per heavy atom. The van der Waals surface area contributed by atoms with Gasteiger partial charge in [-0.05, 0) is 17.7 Å². The van der Waals surface area contributed by atoms with E-state index in [1.807, 2.05) is 0 Å². The van der Waals surface area contributed by atoms with Crippen molar-refractivity contribution in [2.24, 2.45) is 0 Å². The van der Waals surface area contributed by atoms with Gasteiger partial charge in [-0.25, -0.2) is 22.5 Å². The summed E-state index contributed by atoms with van der Waals surface area (Å²) in [5.74, 6) is -1.37. The average Bonchev–Trinajstić information content (AvgIpc) is 3.29. The Labute approximate surface area is 232 Å². The van der Waals surface area contributed by atoms with E-state index in [0.29, 0.717) is 22.5 Å². The smallest absolute Gasteiger partial charge is 0.415 e. The number of alkyl halides is 3. The van der Waals surface area contributed by atoms with Gasteiger partial charge in [0.1, 0.15) is 24.1 Å². The second-order valence-corrected chi connectivity index (χ2v) is 11.0. The van der Waals surface area contributed by atoms with Crippen molar-refractivity contribution in [3.63, 3.8) is 0 Å². The van der Waals surface area contributed by atoms with Crippen LogP contribution < -0.4 is 9.47 Å². The number of β-amino-alcohol motifs (C(OH)–C–C–N with tert-alkyl or cyclic N) is 1. The Bertz CT molecular complexity index is 1640. The number of sulfonamides is 1. The van der Waals surface area contributed by atoms with E-state index in [0.717, 1.165) is 17.7 Å². The minimum atomic E-state index is -4.82. The highest BCUT2D eigenvalue weighted by Crippen LogP contribution is 2.40. The van der Waals surface area contributed by atoms with Crippen molar-refractivity contribution < 1.29 is 45.7 Å². The van der Waals surface area contributed by atoms with Crippen molar-refractivity contribution in [1.82, 2.24) is 4.31 Å². The second-order valence-electron chi connectivity index (χ2n) is 9.09. The van der Waals surface area contributed by atoms with E-state index in [2.05, 4.69) is 9.69 Å². The molecule has 3 aromatic rings. The maximum atomic E-state index is 14.6. The lowest BCUT2D eigenvalue weighted by Crippen LogP contribution is -2.48. The zero-order valence-corrected chi connectivity index (χ0v) is 21.8. The summed E-state index contributed by atoms with van der Waals surface area (Å²) >= 11 is 0. The van der Waals surface area contributed by atoms with Crippen LogP contribution in [0, 0.1) is 19.0 Å². The van der Waals surface area contributed by atoms with Crippen LogP contribution in [0.5, 0.6) is 11.5 Å². The van der Waals surface area contributed by atoms with Crippen molar-refractivity contribution in [3.8, 4) is 11.5 Å². The van der Waals surface area contributed by atoms with Gasteiger partial charge in [-0.15, -0.1) is 0 Å². The molecular formula is C27H21F4N3O6S. The van der Waals surface area contributed by atoms with Crippen LogP contribution in [0.1, 0.15) is 11.1 Å². The monoisotopic (exact) mass is 591 g/mol. The number of ether oxygens (including phenoxy) is 2. The van der Waals surface area contributed by atoms with Gasteiger partial charge in [0.25, 0.3) is 0 Å². The molecule has 0 spiro atoms. The quantitative estimate of drug-likeness (QED) is 0.291. The first kappa shape index (κ1) is 29.8. The predicted octanol–water partition coefficient (Wildman–Crippen LogP) is 4.70. The molecule has 41 heavy (non-hydrogen) atoms. The summed E-state index contributed by atoms with van der Waals surface area (Å²) in [6.07, 6.45) is -6.32. The summed E-state index contributed by atoms with van der Waals surface area (Å²) in [5.41, 5.74) is -3.90. The Morgan fingerprint density at radius 2 is 1.71 bits per heavy atom. The fraction of sp³-hybridized carbons (Fsp3) is 0.259. The normalized spacial score (nSPS) is 19.4. The van der Waals surface area contributed by atoms with Crippen LogP contribution in [0.4, 0.5) is 28.9 Å².